The zero-order valence-corrected chi connectivity index (χ0v) is 13.9. The Hall–Kier alpha value is -0.610. The third-order valence-electron chi connectivity index (χ3n) is 3.09. The third kappa shape index (κ3) is 3.95. The van der Waals surface area contributed by atoms with E-state index >= 15 is 0 Å². The highest BCUT2D eigenvalue weighted by Crippen LogP contribution is 2.31. The Labute approximate surface area is 134 Å². The van der Waals surface area contributed by atoms with Gasteiger partial charge in [0.25, 0.3) is 0 Å². The van der Waals surface area contributed by atoms with Gasteiger partial charge in [-0.3, -0.25) is 0 Å². The normalized spacial score (nSPS) is 12.6. The van der Waals surface area contributed by atoms with E-state index in [1.54, 1.807) is 11.3 Å². The molecule has 0 aliphatic carbocycles. The lowest BCUT2D eigenvalue weighted by Crippen LogP contribution is -2.23. The number of hydrogen-bond donors (Lipinski definition) is 1. The summed E-state index contributed by atoms with van der Waals surface area (Å²) >= 11 is 14.3. The van der Waals surface area contributed by atoms with Gasteiger partial charge >= 0.3 is 0 Å². The second kappa shape index (κ2) is 7.41. The molecule has 0 radical (unpaired) electrons. The number of nitrogens with zero attached hydrogens (tertiary/aromatic N) is 1. The largest absolute Gasteiger partial charge is 0.309 e. The first kappa shape index (κ1) is 15.8. The van der Waals surface area contributed by atoms with Gasteiger partial charge in [-0.25, -0.2) is 4.98 Å². The summed E-state index contributed by atoms with van der Waals surface area (Å²) in [5, 5.41) is 6.08. The van der Waals surface area contributed by atoms with E-state index in [4.69, 9.17) is 23.2 Å². The van der Waals surface area contributed by atoms with Gasteiger partial charge in [-0.05, 0) is 44.0 Å². The van der Waals surface area contributed by atoms with Gasteiger partial charge in [0, 0.05) is 27.2 Å². The van der Waals surface area contributed by atoms with E-state index in [0.717, 1.165) is 40.0 Å². The number of aromatic nitrogens is 1. The maximum Gasteiger partial charge on any atom is 0.0897 e. The van der Waals surface area contributed by atoms with E-state index in [-0.39, 0.29) is 6.04 Å². The lowest BCUT2D eigenvalue weighted by Gasteiger charge is -2.18. The molecule has 2 nitrogen and oxygen atoms in total. The summed E-state index contributed by atoms with van der Waals surface area (Å²) in [6, 6.07) is 5.85. The van der Waals surface area contributed by atoms with Crippen LogP contribution in [-0.2, 0) is 6.42 Å². The predicted molar refractivity (Wildman–Crippen MR) is 88.1 cm³/mol. The smallest absolute Gasteiger partial charge is 0.0897 e. The third-order valence-corrected chi connectivity index (χ3v) is 4.83. The van der Waals surface area contributed by atoms with Crippen LogP contribution < -0.4 is 5.32 Å². The van der Waals surface area contributed by atoms with Crippen LogP contribution in [0.15, 0.2) is 24.4 Å². The number of benzene rings is 1. The lowest BCUT2D eigenvalue weighted by molar-refractivity contribution is 0.536. The summed E-state index contributed by atoms with van der Waals surface area (Å²) in [6.07, 6.45) is 3.81. The summed E-state index contributed by atoms with van der Waals surface area (Å²) in [5.74, 6) is 0. The SMILES string of the molecule is CCCNC(Cc1c(Cl)cccc1Cl)c1cnc(C)s1. The van der Waals surface area contributed by atoms with Crippen molar-refractivity contribution in [3.05, 3.63) is 49.9 Å². The van der Waals surface area contributed by atoms with Crippen LogP contribution in [0.5, 0.6) is 0 Å². The molecule has 0 saturated heterocycles. The van der Waals surface area contributed by atoms with E-state index in [1.807, 2.05) is 31.3 Å². The number of nitrogens with one attached hydrogen (secondary N) is 1. The average molecular weight is 329 g/mol. The summed E-state index contributed by atoms with van der Waals surface area (Å²) in [5.41, 5.74) is 0.996. The number of halogens is 2. The minimum absolute atomic E-state index is 0.207. The summed E-state index contributed by atoms with van der Waals surface area (Å²) in [6.45, 7) is 5.14. The molecule has 20 heavy (non-hydrogen) atoms. The van der Waals surface area contributed by atoms with Crippen LogP contribution in [0.2, 0.25) is 10.0 Å². The molecule has 0 saturated carbocycles. The molecule has 1 unspecified atom stereocenters. The maximum atomic E-state index is 6.28. The molecule has 1 heterocycles. The monoisotopic (exact) mass is 328 g/mol. The van der Waals surface area contributed by atoms with Gasteiger partial charge < -0.3 is 5.32 Å². The van der Waals surface area contributed by atoms with Crippen molar-refractivity contribution in [3.63, 3.8) is 0 Å². The second-order valence-corrected chi connectivity index (χ2v) is 6.77. The molecule has 0 fully saturated rings. The minimum atomic E-state index is 0.207. The molecular formula is C15H18Cl2N2S. The molecule has 1 aromatic carbocycles. The Bertz CT molecular complexity index is 549. The van der Waals surface area contributed by atoms with Crippen molar-refractivity contribution in [1.82, 2.24) is 10.3 Å². The fourth-order valence-electron chi connectivity index (χ4n) is 2.06. The summed E-state index contributed by atoms with van der Waals surface area (Å²) < 4.78 is 0. The number of aryl methyl sites for hydroxylation is 1. The van der Waals surface area contributed by atoms with Crippen LogP contribution in [-0.4, -0.2) is 11.5 Å². The molecule has 1 N–H and O–H groups in total. The molecule has 2 aromatic rings. The van der Waals surface area contributed by atoms with Crippen molar-refractivity contribution in [3.8, 4) is 0 Å². The van der Waals surface area contributed by atoms with Crippen LogP contribution in [0.1, 0.15) is 34.8 Å². The Morgan fingerprint density at radius 3 is 2.55 bits per heavy atom. The van der Waals surface area contributed by atoms with Crippen LogP contribution in [0.3, 0.4) is 0 Å². The summed E-state index contributed by atoms with van der Waals surface area (Å²) in [7, 11) is 0. The Kier molecular flexibility index (Phi) is 5.85. The highest BCUT2D eigenvalue weighted by atomic mass is 35.5. The van der Waals surface area contributed by atoms with Crippen molar-refractivity contribution in [2.75, 3.05) is 6.54 Å². The maximum absolute atomic E-state index is 6.28. The minimum Gasteiger partial charge on any atom is -0.309 e. The van der Waals surface area contributed by atoms with Gasteiger partial charge in [-0.2, -0.15) is 0 Å². The zero-order valence-electron chi connectivity index (χ0n) is 11.6. The Morgan fingerprint density at radius 1 is 1.30 bits per heavy atom. The molecule has 108 valence electrons. The average Bonchev–Trinajstić information content (AvgIpc) is 2.84. The molecule has 0 amide bonds. The van der Waals surface area contributed by atoms with Gasteiger partial charge in [0.15, 0.2) is 0 Å². The second-order valence-electron chi connectivity index (χ2n) is 4.69. The first-order valence-corrected chi connectivity index (χ1v) is 8.27. The molecule has 0 spiro atoms. The van der Waals surface area contributed by atoms with E-state index in [1.165, 1.54) is 4.88 Å². The zero-order chi connectivity index (χ0) is 14.5. The summed E-state index contributed by atoms with van der Waals surface area (Å²) in [4.78, 5) is 5.57. The van der Waals surface area contributed by atoms with E-state index in [9.17, 15) is 0 Å². The van der Waals surface area contributed by atoms with E-state index in [0.29, 0.717) is 0 Å². The molecule has 5 heteroatoms. The first-order chi connectivity index (χ1) is 9.61. The Balaban J connectivity index is 2.23. The van der Waals surface area contributed by atoms with Crippen LogP contribution >= 0.6 is 34.5 Å². The van der Waals surface area contributed by atoms with Crippen molar-refractivity contribution in [2.45, 2.75) is 32.7 Å². The molecule has 0 bridgehead atoms. The Morgan fingerprint density at radius 2 is 2.00 bits per heavy atom. The van der Waals surface area contributed by atoms with Crippen molar-refractivity contribution in [2.24, 2.45) is 0 Å². The fraction of sp³-hybridized carbons (Fsp3) is 0.400. The van der Waals surface area contributed by atoms with Crippen molar-refractivity contribution in [1.29, 1.82) is 0 Å². The molecule has 2 rings (SSSR count). The van der Waals surface area contributed by atoms with Crippen LogP contribution in [0.4, 0.5) is 0 Å². The van der Waals surface area contributed by atoms with E-state index in [2.05, 4.69) is 17.2 Å². The highest BCUT2D eigenvalue weighted by Gasteiger charge is 2.17. The number of rotatable bonds is 6. The van der Waals surface area contributed by atoms with Gasteiger partial charge in [-0.1, -0.05) is 36.2 Å². The first-order valence-electron chi connectivity index (χ1n) is 6.70. The molecule has 0 aliphatic rings. The molecule has 1 aromatic heterocycles. The molecule has 1 atom stereocenters. The lowest BCUT2D eigenvalue weighted by atomic mass is 10.0. The quantitative estimate of drug-likeness (QED) is 0.803. The highest BCUT2D eigenvalue weighted by molar-refractivity contribution is 7.11. The van der Waals surface area contributed by atoms with Crippen molar-refractivity contribution >= 4 is 34.5 Å². The standard InChI is InChI=1S/C15H18Cl2N2S/c1-3-7-18-14(15-9-19-10(2)20-15)8-11-12(16)5-4-6-13(11)17/h4-6,9,14,18H,3,7-8H2,1-2H3. The van der Waals surface area contributed by atoms with Gasteiger partial charge in [0.2, 0.25) is 0 Å². The van der Waals surface area contributed by atoms with E-state index < -0.39 is 0 Å². The van der Waals surface area contributed by atoms with Crippen LogP contribution in [0, 0.1) is 6.92 Å². The van der Waals surface area contributed by atoms with Crippen LogP contribution in [0.25, 0.3) is 0 Å². The molecular weight excluding hydrogens is 311 g/mol. The van der Waals surface area contributed by atoms with Gasteiger partial charge in [-0.15, -0.1) is 11.3 Å². The fourth-order valence-corrected chi connectivity index (χ4v) is 3.47. The van der Waals surface area contributed by atoms with Gasteiger partial charge in [0.1, 0.15) is 0 Å². The topological polar surface area (TPSA) is 24.9 Å². The van der Waals surface area contributed by atoms with Crippen molar-refractivity contribution < 1.29 is 0 Å². The number of hydrogen-bond acceptors (Lipinski definition) is 3. The predicted octanol–water partition coefficient (Wildman–Crippen LogP) is 5.04. The van der Waals surface area contributed by atoms with Gasteiger partial charge in [0.05, 0.1) is 5.01 Å². The molecule has 0 aliphatic heterocycles. The number of thiazole rings is 1.